The van der Waals surface area contributed by atoms with Crippen molar-refractivity contribution in [1.29, 1.82) is 0 Å². The van der Waals surface area contributed by atoms with E-state index in [2.05, 4.69) is 4.72 Å². The van der Waals surface area contributed by atoms with Crippen molar-refractivity contribution in [2.45, 2.75) is 11.4 Å². The predicted molar refractivity (Wildman–Crippen MR) is 85.9 cm³/mol. The Hall–Kier alpha value is -2.05. The molecule has 2 aromatic carbocycles. The third kappa shape index (κ3) is 3.34. The average Bonchev–Trinajstić information content (AvgIpc) is 2.47. The summed E-state index contributed by atoms with van der Waals surface area (Å²) in [6.45, 7) is 0.173. The van der Waals surface area contributed by atoms with Crippen LogP contribution < -0.4 is 15.4 Å². The minimum absolute atomic E-state index is 0.173. The van der Waals surface area contributed by atoms with E-state index in [0.29, 0.717) is 11.3 Å². The third-order valence-electron chi connectivity index (χ3n) is 3.11. The van der Waals surface area contributed by atoms with E-state index in [9.17, 15) is 8.42 Å². The minimum Gasteiger partial charge on any atom is -0.376 e. The Bertz CT molecular complexity index is 727. The van der Waals surface area contributed by atoms with Crippen molar-refractivity contribution in [3.8, 4) is 0 Å². The van der Waals surface area contributed by atoms with Crippen molar-refractivity contribution in [2.24, 2.45) is 5.73 Å². The van der Waals surface area contributed by atoms with Crippen LogP contribution in [0, 0.1) is 0 Å². The van der Waals surface area contributed by atoms with Gasteiger partial charge in [0.2, 0.25) is 0 Å². The minimum atomic E-state index is -3.67. The van der Waals surface area contributed by atoms with Gasteiger partial charge in [-0.05, 0) is 23.8 Å². The number of nitrogens with one attached hydrogen (secondary N) is 1. The summed E-state index contributed by atoms with van der Waals surface area (Å²) in [7, 11) is 0.0554. The molecule has 0 unspecified atom stereocenters. The zero-order valence-electron chi connectivity index (χ0n) is 12.1. The lowest BCUT2D eigenvalue weighted by Crippen LogP contribution is -2.19. The summed E-state index contributed by atoms with van der Waals surface area (Å²) in [4.78, 5) is 2.06. The predicted octanol–water partition coefficient (Wildman–Crippen LogP) is 2.01. The Morgan fingerprint density at radius 3 is 2.33 bits per heavy atom. The molecule has 6 heteroatoms. The molecule has 0 heterocycles. The van der Waals surface area contributed by atoms with Crippen LogP contribution in [0.25, 0.3) is 0 Å². The molecule has 0 saturated carbocycles. The van der Waals surface area contributed by atoms with Crippen molar-refractivity contribution in [2.75, 3.05) is 23.7 Å². The molecule has 0 saturated heterocycles. The van der Waals surface area contributed by atoms with E-state index in [-0.39, 0.29) is 11.4 Å². The highest BCUT2D eigenvalue weighted by atomic mass is 32.2. The van der Waals surface area contributed by atoms with Crippen LogP contribution in [0.3, 0.4) is 0 Å². The van der Waals surface area contributed by atoms with E-state index in [1.165, 1.54) is 0 Å². The lowest BCUT2D eigenvalue weighted by Gasteiger charge is -2.19. The topological polar surface area (TPSA) is 75.4 Å². The highest BCUT2D eigenvalue weighted by Gasteiger charge is 2.19. The highest BCUT2D eigenvalue weighted by Crippen LogP contribution is 2.27. The SMILES string of the molecule is CN(C)c1ccccc1NS(=O)(=O)c1ccccc1CN. The second-order valence-corrected chi connectivity index (χ2v) is 6.48. The van der Waals surface area contributed by atoms with Gasteiger partial charge in [-0.1, -0.05) is 30.3 Å². The zero-order valence-corrected chi connectivity index (χ0v) is 12.9. The number of sulfonamides is 1. The van der Waals surface area contributed by atoms with E-state index in [4.69, 9.17) is 5.73 Å². The average molecular weight is 305 g/mol. The number of nitrogens with zero attached hydrogens (tertiary/aromatic N) is 1. The highest BCUT2D eigenvalue weighted by molar-refractivity contribution is 7.92. The maximum atomic E-state index is 12.6. The van der Waals surface area contributed by atoms with Crippen LogP contribution in [-0.4, -0.2) is 22.5 Å². The number of benzene rings is 2. The van der Waals surface area contributed by atoms with Crippen LogP contribution in [0.5, 0.6) is 0 Å². The van der Waals surface area contributed by atoms with Gasteiger partial charge in [-0.15, -0.1) is 0 Å². The summed E-state index contributed by atoms with van der Waals surface area (Å²) < 4.78 is 27.8. The normalized spacial score (nSPS) is 11.2. The molecule has 3 N–H and O–H groups in total. The number of hydrogen-bond acceptors (Lipinski definition) is 4. The molecule has 0 aliphatic rings. The van der Waals surface area contributed by atoms with Gasteiger partial charge in [-0.25, -0.2) is 8.42 Å². The molecule has 0 radical (unpaired) electrons. The summed E-state index contributed by atoms with van der Waals surface area (Å²) in [6.07, 6.45) is 0. The molecule has 0 spiro atoms. The van der Waals surface area contributed by atoms with E-state index in [1.54, 1.807) is 36.4 Å². The van der Waals surface area contributed by atoms with Gasteiger partial charge in [0.25, 0.3) is 10.0 Å². The van der Waals surface area contributed by atoms with Crippen LogP contribution in [0.15, 0.2) is 53.4 Å². The second-order valence-electron chi connectivity index (χ2n) is 4.83. The Kier molecular flexibility index (Phi) is 4.50. The maximum Gasteiger partial charge on any atom is 0.262 e. The molecular formula is C15H19N3O2S. The Morgan fingerprint density at radius 1 is 1.05 bits per heavy atom. The number of rotatable bonds is 5. The second kappa shape index (κ2) is 6.15. The summed E-state index contributed by atoms with van der Waals surface area (Å²) >= 11 is 0. The lowest BCUT2D eigenvalue weighted by atomic mass is 10.2. The quantitative estimate of drug-likeness (QED) is 0.886. The Morgan fingerprint density at radius 2 is 1.67 bits per heavy atom. The molecule has 2 rings (SSSR count). The lowest BCUT2D eigenvalue weighted by molar-refractivity contribution is 0.600. The fraction of sp³-hybridized carbons (Fsp3) is 0.200. The fourth-order valence-electron chi connectivity index (χ4n) is 2.08. The zero-order chi connectivity index (χ0) is 15.5. The summed E-state index contributed by atoms with van der Waals surface area (Å²) in [5, 5.41) is 0. The van der Waals surface area contributed by atoms with Crippen molar-refractivity contribution in [3.05, 3.63) is 54.1 Å². The number of hydrogen-bond donors (Lipinski definition) is 2. The molecule has 0 aliphatic heterocycles. The Labute approximate surface area is 125 Å². The number of nitrogens with two attached hydrogens (primary N) is 1. The molecular weight excluding hydrogens is 286 g/mol. The molecule has 0 bridgehead atoms. The maximum absolute atomic E-state index is 12.6. The molecule has 0 aromatic heterocycles. The van der Waals surface area contributed by atoms with Crippen molar-refractivity contribution >= 4 is 21.4 Å². The number of para-hydroxylation sites is 2. The van der Waals surface area contributed by atoms with Gasteiger partial charge in [0.05, 0.1) is 16.3 Å². The van der Waals surface area contributed by atoms with Crippen molar-refractivity contribution in [1.82, 2.24) is 0 Å². The third-order valence-corrected chi connectivity index (χ3v) is 4.58. The van der Waals surface area contributed by atoms with Gasteiger partial charge in [0.1, 0.15) is 0 Å². The molecule has 21 heavy (non-hydrogen) atoms. The van der Waals surface area contributed by atoms with Gasteiger partial charge < -0.3 is 10.6 Å². The molecule has 2 aromatic rings. The van der Waals surface area contributed by atoms with Crippen LogP contribution in [0.4, 0.5) is 11.4 Å². The van der Waals surface area contributed by atoms with E-state index in [0.717, 1.165) is 5.69 Å². The van der Waals surface area contributed by atoms with Gasteiger partial charge in [0.15, 0.2) is 0 Å². The smallest absolute Gasteiger partial charge is 0.262 e. The first-order valence-electron chi connectivity index (χ1n) is 6.53. The first-order valence-corrected chi connectivity index (χ1v) is 8.01. The molecule has 5 nitrogen and oxygen atoms in total. The molecule has 0 amide bonds. The molecule has 0 fully saturated rings. The van der Waals surface area contributed by atoms with Gasteiger partial charge in [0, 0.05) is 20.6 Å². The van der Waals surface area contributed by atoms with E-state index in [1.807, 2.05) is 31.1 Å². The van der Waals surface area contributed by atoms with Crippen LogP contribution in [0.1, 0.15) is 5.56 Å². The summed E-state index contributed by atoms with van der Waals surface area (Å²) in [6, 6.07) is 14.0. The summed E-state index contributed by atoms with van der Waals surface area (Å²) in [5.41, 5.74) is 7.54. The van der Waals surface area contributed by atoms with Crippen LogP contribution in [-0.2, 0) is 16.6 Å². The van der Waals surface area contributed by atoms with Gasteiger partial charge in [-0.2, -0.15) is 0 Å². The van der Waals surface area contributed by atoms with Crippen LogP contribution in [0.2, 0.25) is 0 Å². The summed E-state index contributed by atoms with van der Waals surface area (Å²) in [5.74, 6) is 0. The fourth-order valence-corrected chi connectivity index (χ4v) is 3.41. The van der Waals surface area contributed by atoms with Crippen molar-refractivity contribution in [3.63, 3.8) is 0 Å². The van der Waals surface area contributed by atoms with Gasteiger partial charge in [-0.3, -0.25) is 4.72 Å². The first-order chi connectivity index (χ1) is 9.95. The van der Waals surface area contributed by atoms with Crippen LogP contribution >= 0.6 is 0 Å². The Balaban J connectivity index is 2.43. The van der Waals surface area contributed by atoms with Gasteiger partial charge >= 0.3 is 0 Å². The van der Waals surface area contributed by atoms with E-state index >= 15 is 0 Å². The molecule has 0 aliphatic carbocycles. The van der Waals surface area contributed by atoms with Crippen molar-refractivity contribution < 1.29 is 8.42 Å². The van der Waals surface area contributed by atoms with E-state index < -0.39 is 10.0 Å². The number of anilines is 2. The largest absolute Gasteiger partial charge is 0.376 e. The first kappa shape index (κ1) is 15.3. The monoisotopic (exact) mass is 305 g/mol. The molecule has 0 atom stereocenters. The molecule has 112 valence electrons. The standard InChI is InChI=1S/C15H19N3O2S/c1-18(2)14-9-5-4-8-13(14)17-21(19,20)15-10-6-3-7-12(15)11-16/h3-10,17H,11,16H2,1-2H3.